The minimum absolute atomic E-state index is 0.0585. The maximum Gasteiger partial charge on any atom is 0.325 e. The van der Waals surface area contributed by atoms with Crippen molar-refractivity contribution in [1.82, 2.24) is 10.2 Å². The standard InChI is InChI=1S/C19H25ClN4O5/c1-3-4-5-6-7-10-19(2)17(26)23(18(27)22-19)12-16(25)21-13-8-9-14(20)15(11-13)24(28)29/h8-9,11H,3-7,10,12H2,1-2H3,(H,21,25)(H,22,27). The molecule has 10 heteroatoms. The second-order valence-electron chi connectivity index (χ2n) is 7.29. The van der Waals surface area contributed by atoms with Gasteiger partial charge in [-0.15, -0.1) is 0 Å². The third kappa shape index (κ3) is 5.66. The van der Waals surface area contributed by atoms with Crippen LogP contribution in [0.3, 0.4) is 0 Å². The second kappa shape index (κ2) is 9.69. The Balaban J connectivity index is 1.96. The maximum absolute atomic E-state index is 12.7. The molecule has 1 atom stereocenters. The number of hydrogen-bond acceptors (Lipinski definition) is 5. The summed E-state index contributed by atoms with van der Waals surface area (Å²) in [6.07, 6.45) is 5.61. The minimum atomic E-state index is -1.03. The lowest BCUT2D eigenvalue weighted by Gasteiger charge is -2.21. The summed E-state index contributed by atoms with van der Waals surface area (Å²) in [6.45, 7) is 3.30. The Morgan fingerprint density at radius 1 is 1.28 bits per heavy atom. The molecule has 0 aliphatic carbocycles. The fourth-order valence-corrected chi connectivity index (χ4v) is 3.40. The van der Waals surface area contributed by atoms with Gasteiger partial charge in [-0.2, -0.15) is 0 Å². The second-order valence-corrected chi connectivity index (χ2v) is 7.70. The number of anilines is 1. The van der Waals surface area contributed by atoms with Crippen molar-refractivity contribution >= 4 is 40.8 Å². The number of nitrogens with zero attached hydrogens (tertiary/aromatic N) is 2. The van der Waals surface area contributed by atoms with E-state index in [4.69, 9.17) is 11.6 Å². The molecule has 2 N–H and O–H groups in total. The zero-order valence-corrected chi connectivity index (χ0v) is 17.3. The largest absolute Gasteiger partial charge is 0.325 e. The first kappa shape index (κ1) is 22.6. The normalized spacial score (nSPS) is 18.7. The number of imide groups is 1. The van der Waals surface area contributed by atoms with Gasteiger partial charge in [-0.1, -0.05) is 50.6 Å². The summed E-state index contributed by atoms with van der Waals surface area (Å²) in [5, 5.41) is 16.0. The molecule has 1 unspecified atom stereocenters. The molecule has 1 heterocycles. The fourth-order valence-electron chi connectivity index (χ4n) is 3.22. The van der Waals surface area contributed by atoms with Crippen molar-refractivity contribution in [1.29, 1.82) is 0 Å². The van der Waals surface area contributed by atoms with Gasteiger partial charge in [-0.25, -0.2) is 4.79 Å². The van der Waals surface area contributed by atoms with Crippen LogP contribution >= 0.6 is 11.6 Å². The lowest BCUT2D eigenvalue weighted by atomic mass is 9.94. The van der Waals surface area contributed by atoms with Crippen LogP contribution in [0, 0.1) is 10.1 Å². The predicted octanol–water partition coefficient (Wildman–Crippen LogP) is 3.86. The molecule has 1 aromatic rings. The fraction of sp³-hybridized carbons (Fsp3) is 0.526. The first-order valence-electron chi connectivity index (χ1n) is 9.56. The average molecular weight is 425 g/mol. The highest BCUT2D eigenvalue weighted by molar-refractivity contribution is 6.32. The number of hydrogen-bond donors (Lipinski definition) is 2. The van der Waals surface area contributed by atoms with Crippen LogP contribution in [0.2, 0.25) is 5.02 Å². The van der Waals surface area contributed by atoms with E-state index in [9.17, 15) is 24.5 Å². The van der Waals surface area contributed by atoms with Gasteiger partial charge in [-0.3, -0.25) is 24.6 Å². The number of amides is 4. The van der Waals surface area contributed by atoms with Crippen LogP contribution < -0.4 is 10.6 Å². The molecule has 1 saturated heterocycles. The van der Waals surface area contributed by atoms with Crippen molar-refractivity contribution in [2.75, 3.05) is 11.9 Å². The number of unbranched alkanes of at least 4 members (excludes halogenated alkanes) is 4. The summed E-state index contributed by atoms with van der Waals surface area (Å²) in [5.74, 6) is -1.09. The third-order valence-electron chi connectivity index (χ3n) is 4.85. The summed E-state index contributed by atoms with van der Waals surface area (Å²) in [4.78, 5) is 48.3. The zero-order valence-electron chi connectivity index (χ0n) is 16.5. The Kier molecular flexibility index (Phi) is 7.55. The van der Waals surface area contributed by atoms with E-state index in [1.165, 1.54) is 12.1 Å². The van der Waals surface area contributed by atoms with Crippen molar-refractivity contribution in [2.45, 2.75) is 57.9 Å². The Labute approximate surface area is 173 Å². The highest BCUT2D eigenvalue weighted by Gasteiger charge is 2.47. The van der Waals surface area contributed by atoms with E-state index in [0.29, 0.717) is 6.42 Å². The number of carbonyl (C=O) groups is 3. The van der Waals surface area contributed by atoms with Crippen LogP contribution in [-0.4, -0.2) is 39.8 Å². The number of halogens is 1. The number of nitro groups is 1. The van der Waals surface area contributed by atoms with Crippen molar-refractivity contribution < 1.29 is 19.3 Å². The van der Waals surface area contributed by atoms with Gasteiger partial charge in [-0.05, 0) is 25.5 Å². The van der Waals surface area contributed by atoms with E-state index in [0.717, 1.165) is 43.1 Å². The molecule has 0 bridgehead atoms. The van der Waals surface area contributed by atoms with E-state index in [1.54, 1.807) is 6.92 Å². The van der Waals surface area contributed by atoms with E-state index in [2.05, 4.69) is 17.6 Å². The minimum Gasteiger partial charge on any atom is -0.324 e. The lowest BCUT2D eigenvalue weighted by molar-refractivity contribution is -0.384. The van der Waals surface area contributed by atoms with E-state index in [1.807, 2.05) is 0 Å². The predicted molar refractivity (Wildman–Crippen MR) is 109 cm³/mol. The molecule has 29 heavy (non-hydrogen) atoms. The van der Waals surface area contributed by atoms with Crippen LogP contribution in [-0.2, 0) is 9.59 Å². The smallest absolute Gasteiger partial charge is 0.324 e. The summed E-state index contributed by atoms with van der Waals surface area (Å²) in [7, 11) is 0. The number of urea groups is 1. The third-order valence-corrected chi connectivity index (χ3v) is 5.17. The van der Waals surface area contributed by atoms with E-state index >= 15 is 0 Å². The summed E-state index contributed by atoms with van der Waals surface area (Å²) in [5.41, 5.74) is -1.23. The van der Waals surface area contributed by atoms with Gasteiger partial charge in [0, 0.05) is 11.8 Å². The number of benzene rings is 1. The molecular formula is C19H25ClN4O5. The first-order valence-corrected chi connectivity index (χ1v) is 9.93. The maximum atomic E-state index is 12.7. The average Bonchev–Trinajstić information content (AvgIpc) is 2.86. The SMILES string of the molecule is CCCCCCCC1(C)NC(=O)N(CC(=O)Nc2ccc(Cl)c([N+](=O)[O-])c2)C1=O. The Bertz CT molecular complexity index is 816. The first-order chi connectivity index (χ1) is 13.7. The molecule has 0 aromatic heterocycles. The molecule has 1 aliphatic rings. The zero-order chi connectivity index (χ0) is 21.6. The molecule has 4 amide bonds. The van der Waals surface area contributed by atoms with Crippen LogP contribution in [0.1, 0.15) is 52.4 Å². The lowest BCUT2D eigenvalue weighted by Crippen LogP contribution is -2.44. The summed E-state index contributed by atoms with van der Waals surface area (Å²) >= 11 is 5.74. The molecule has 1 fully saturated rings. The van der Waals surface area contributed by atoms with Crippen molar-refractivity contribution in [3.63, 3.8) is 0 Å². The number of nitro benzene ring substituents is 1. The van der Waals surface area contributed by atoms with Crippen LogP contribution in [0.4, 0.5) is 16.2 Å². The summed E-state index contributed by atoms with van der Waals surface area (Å²) in [6, 6.07) is 3.19. The van der Waals surface area contributed by atoms with Crippen molar-refractivity contribution in [3.8, 4) is 0 Å². The Morgan fingerprint density at radius 3 is 2.62 bits per heavy atom. The monoisotopic (exact) mass is 424 g/mol. The number of rotatable bonds is 10. The van der Waals surface area contributed by atoms with Gasteiger partial charge in [0.2, 0.25) is 5.91 Å². The van der Waals surface area contributed by atoms with Crippen LogP contribution in [0.15, 0.2) is 18.2 Å². The topological polar surface area (TPSA) is 122 Å². The van der Waals surface area contributed by atoms with Crippen LogP contribution in [0.25, 0.3) is 0 Å². The Hall–Kier alpha value is -2.68. The van der Waals surface area contributed by atoms with Gasteiger partial charge in [0.1, 0.15) is 17.1 Å². The Morgan fingerprint density at radius 2 is 1.97 bits per heavy atom. The van der Waals surface area contributed by atoms with Gasteiger partial charge in [0.25, 0.3) is 11.6 Å². The van der Waals surface area contributed by atoms with Crippen molar-refractivity contribution in [2.24, 2.45) is 0 Å². The van der Waals surface area contributed by atoms with Crippen LogP contribution in [0.5, 0.6) is 0 Å². The van der Waals surface area contributed by atoms with E-state index in [-0.39, 0.29) is 16.4 Å². The van der Waals surface area contributed by atoms with Gasteiger partial charge in [0.05, 0.1) is 4.92 Å². The molecule has 0 saturated carbocycles. The molecule has 1 aliphatic heterocycles. The van der Waals surface area contributed by atoms with Gasteiger partial charge < -0.3 is 10.6 Å². The quantitative estimate of drug-likeness (QED) is 0.255. The molecule has 2 rings (SSSR count). The van der Waals surface area contributed by atoms with E-state index < -0.39 is 34.9 Å². The molecule has 0 radical (unpaired) electrons. The molecule has 9 nitrogen and oxygen atoms in total. The number of nitrogens with one attached hydrogen (secondary N) is 2. The highest BCUT2D eigenvalue weighted by atomic mass is 35.5. The summed E-state index contributed by atoms with van der Waals surface area (Å²) < 4.78 is 0. The highest BCUT2D eigenvalue weighted by Crippen LogP contribution is 2.28. The number of carbonyl (C=O) groups excluding carboxylic acids is 3. The molecule has 158 valence electrons. The molecule has 1 aromatic carbocycles. The molecular weight excluding hydrogens is 400 g/mol. The molecule has 0 spiro atoms. The van der Waals surface area contributed by atoms with Gasteiger partial charge in [0.15, 0.2) is 0 Å². The van der Waals surface area contributed by atoms with Crippen molar-refractivity contribution in [3.05, 3.63) is 33.3 Å². The van der Waals surface area contributed by atoms with Gasteiger partial charge >= 0.3 is 6.03 Å².